The topological polar surface area (TPSA) is 12.0 Å². The molecule has 0 spiro atoms. The predicted molar refractivity (Wildman–Crippen MR) is 54.4 cm³/mol. The van der Waals surface area contributed by atoms with Crippen molar-refractivity contribution in [2.75, 3.05) is 6.54 Å². The lowest BCUT2D eigenvalue weighted by Gasteiger charge is -2.16. The van der Waals surface area contributed by atoms with Gasteiger partial charge in [0.25, 0.3) is 0 Å². The largest absolute Gasteiger partial charge is 0.314 e. The molecule has 3 aliphatic rings. The minimum Gasteiger partial charge on any atom is -0.314 e. The molecule has 3 saturated carbocycles. The normalized spacial score (nSPS) is 53.5. The van der Waals surface area contributed by atoms with E-state index in [-0.39, 0.29) is 0 Å². The van der Waals surface area contributed by atoms with E-state index in [9.17, 15) is 0 Å². The zero-order valence-corrected chi connectivity index (χ0v) is 8.79. The summed E-state index contributed by atoms with van der Waals surface area (Å²) in [4.78, 5) is 0. The van der Waals surface area contributed by atoms with Crippen molar-refractivity contribution in [1.29, 1.82) is 0 Å². The number of fused-ring (bicyclic) bond motifs is 5. The Labute approximate surface area is 81.3 Å². The molecule has 0 aromatic rings. The molecule has 0 aromatic heterocycles. The van der Waals surface area contributed by atoms with Gasteiger partial charge in [-0.1, -0.05) is 6.92 Å². The summed E-state index contributed by atoms with van der Waals surface area (Å²) in [6.45, 7) is 5.77. The van der Waals surface area contributed by atoms with Gasteiger partial charge in [0.1, 0.15) is 0 Å². The van der Waals surface area contributed by atoms with E-state index < -0.39 is 0 Å². The van der Waals surface area contributed by atoms with Crippen LogP contribution in [0.3, 0.4) is 0 Å². The molecule has 1 N–H and O–H groups in total. The van der Waals surface area contributed by atoms with Gasteiger partial charge in [-0.25, -0.2) is 0 Å². The molecule has 2 bridgehead atoms. The molecule has 0 amide bonds. The lowest BCUT2D eigenvalue weighted by atomic mass is 9.98. The van der Waals surface area contributed by atoms with Gasteiger partial charge in [0.2, 0.25) is 0 Å². The highest BCUT2D eigenvalue weighted by Crippen LogP contribution is 2.70. The number of nitrogens with one attached hydrogen (secondary N) is 1. The van der Waals surface area contributed by atoms with Crippen molar-refractivity contribution in [3.63, 3.8) is 0 Å². The van der Waals surface area contributed by atoms with E-state index in [1.54, 1.807) is 19.3 Å². The maximum Gasteiger partial charge on any atom is 0.00725 e. The SMILES string of the molecule is CCNC(C)C1C2C3CCC(C3)C21. The van der Waals surface area contributed by atoms with Gasteiger partial charge in [-0.15, -0.1) is 0 Å². The molecule has 5 unspecified atom stereocenters. The monoisotopic (exact) mass is 179 g/mol. The van der Waals surface area contributed by atoms with Crippen molar-refractivity contribution >= 4 is 0 Å². The first-order valence-electron chi connectivity index (χ1n) is 6.06. The third kappa shape index (κ3) is 1.03. The Morgan fingerprint density at radius 2 is 1.85 bits per heavy atom. The molecule has 0 aliphatic heterocycles. The van der Waals surface area contributed by atoms with Crippen LogP contribution < -0.4 is 5.32 Å². The molecule has 3 aliphatic carbocycles. The molecule has 0 aromatic carbocycles. The fourth-order valence-electron chi connectivity index (χ4n) is 4.52. The quantitative estimate of drug-likeness (QED) is 0.701. The van der Waals surface area contributed by atoms with Crippen LogP contribution in [0.1, 0.15) is 33.1 Å². The van der Waals surface area contributed by atoms with Gasteiger partial charge in [0, 0.05) is 6.04 Å². The van der Waals surface area contributed by atoms with E-state index in [0.29, 0.717) is 0 Å². The molecule has 3 rings (SSSR count). The van der Waals surface area contributed by atoms with E-state index >= 15 is 0 Å². The molecule has 5 atom stereocenters. The minimum absolute atomic E-state index is 0.795. The molecule has 1 heteroatoms. The van der Waals surface area contributed by atoms with Crippen molar-refractivity contribution in [3.8, 4) is 0 Å². The number of rotatable bonds is 3. The molecule has 0 radical (unpaired) electrons. The van der Waals surface area contributed by atoms with Gasteiger partial charge in [-0.2, -0.15) is 0 Å². The van der Waals surface area contributed by atoms with Gasteiger partial charge in [0.15, 0.2) is 0 Å². The van der Waals surface area contributed by atoms with Crippen LogP contribution in [0, 0.1) is 29.6 Å². The Morgan fingerprint density at radius 1 is 1.23 bits per heavy atom. The molecular formula is C12H21N. The second kappa shape index (κ2) is 2.73. The van der Waals surface area contributed by atoms with E-state index in [1.807, 2.05) is 0 Å². The number of hydrogen-bond acceptors (Lipinski definition) is 1. The summed E-state index contributed by atoms with van der Waals surface area (Å²) in [5.41, 5.74) is 0. The third-order valence-electron chi connectivity index (χ3n) is 4.90. The highest BCUT2D eigenvalue weighted by Gasteiger charge is 2.65. The first-order chi connectivity index (χ1) is 6.33. The lowest BCUT2D eigenvalue weighted by molar-refractivity contribution is 0.385. The van der Waals surface area contributed by atoms with Gasteiger partial charge >= 0.3 is 0 Å². The minimum atomic E-state index is 0.795. The third-order valence-corrected chi connectivity index (χ3v) is 4.90. The van der Waals surface area contributed by atoms with Gasteiger partial charge in [-0.05, 0) is 62.3 Å². The van der Waals surface area contributed by atoms with Crippen molar-refractivity contribution in [3.05, 3.63) is 0 Å². The average Bonchev–Trinajstić information content (AvgIpc) is 2.57. The van der Waals surface area contributed by atoms with Crippen LogP contribution in [0.25, 0.3) is 0 Å². The van der Waals surface area contributed by atoms with Crippen molar-refractivity contribution in [2.45, 2.75) is 39.2 Å². The fourth-order valence-corrected chi connectivity index (χ4v) is 4.52. The van der Waals surface area contributed by atoms with Crippen molar-refractivity contribution in [1.82, 2.24) is 5.32 Å². The Morgan fingerprint density at radius 3 is 2.38 bits per heavy atom. The highest BCUT2D eigenvalue weighted by molar-refractivity contribution is 5.14. The predicted octanol–water partition coefficient (Wildman–Crippen LogP) is 2.28. The maximum absolute atomic E-state index is 3.60. The van der Waals surface area contributed by atoms with Gasteiger partial charge in [-0.3, -0.25) is 0 Å². The zero-order chi connectivity index (χ0) is 9.00. The molecule has 1 nitrogen and oxygen atoms in total. The molecule has 0 saturated heterocycles. The summed E-state index contributed by atoms with van der Waals surface area (Å²) in [5, 5.41) is 3.60. The average molecular weight is 179 g/mol. The Bertz CT molecular complexity index is 197. The van der Waals surface area contributed by atoms with E-state index in [4.69, 9.17) is 0 Å². The second-order valence-corrected chi connectivity index (χ2v) is 5.41. The Kier molecular flexibility index (Phi) is 1.74. The first-order valence-corrected chi connectivity index (χ1v) is 6.06. The molecular weight excluding hydrogens is 158 g/mol. The summed E-state index contributed by atoms with van der Waals surface area (Å²) in [6.07, 6.45) is 4.70. The maximum atomic E-state index is 3.60. The van der Waals surface area contributed by atoms with E-state index in [0.717, 1.165) is 42.2 Å². The smallest absolute Gasteiger partial charge is 0.00725 e. The summed E-state index contributed by atoms with van der Waals surface area (Å²) in [5.74, 6) is 5.63. The van der Waals surface area contributed by atoms with Crippen molar-refractivity contribution in [2.24, 2.45) is 29.6 Å². The highest BCUT2D eigenvalue weighted by atomic mass is 14.9. The molecule has 13 heavy (non-hydrogen) atoms. The summed E-state index contributed by atoms with van der Waals surface area (Å²) in [7, 11) is 0. The standard InChI is InChI=1S/C12H21N/c1-3-13-7(2)10-11-8-4-5-9(6-8)12(10)11/h7-13H,3-6H2,1-2H3. The van der Waals surface area contributed by atoms with Crippen molar-refractivity contribution < 1.29 is 0 Å². The van der Waals surface area contributed by atoms with E-state index in [2.05, 4.69) is 19.2 Å². The molecule has 0 heterocycles. The van der Waals surface area contributed by atoms with Gasteiger partial charge < -0.3 is 5.32 Å². The Hall–Kier alpha value is -0.0400. The number of hydrogen-bond donors (Lipinski definition) is 1. The lowest BCUT2D eigenvalue weighted by Crippen LogP contribution is -2.30. The summed E-state index contributed by atoms with van der Waals surface area (Å²) >= 11 is 0. The van der Waals surface area contributed by atoms with Crippen LogP contribution in [0.5, 0.6) is 0 Å². The fraction of sp³-hybridized carbons (Fsp3) is 1.00. The summed E-state index contributed by atoms with van der Waals surface area (Å²) < 4.78 is 0. The van der Waals surface area contributed by atoms with Crippen LogP contribution in [0.2, 0.25) is 0 Å². The first kappa shape index (κ1) is 8.28. The van der Waals surface area contributed by atoms with Crippen LogP contribution in [0.4, 0.5) is 0 Å². The molecule has 74 valence electrons. The van der Waals surface area contributed by atoms with Crippen LogP contribution in [0.15, 0.2) is 0 Å². The zero-order valence-electron chi connectivity index (χ0n) is 8.79. The van der Waals surface area contributed by atoms with Gasteiger partial charge in [0.05, 0.1) is 0 Å². The van der Waals surface area contributed by atoms with Crippen LogP contribution in [-0.4, -0.2) is 12.6 Å². The van der Waals surface area contributed by atoms with E-state index in [1.165, 1.54) is 0 Å². The summed E-state index contributed by atoms with van der Waals surface area (Å²) in [6, 6.07) is 0.795. The van der Waals surface area contributed by atoms with Crippen LogP contribution >= 0.6 is 0 Å². The second-order valence-electron chi connectivity index (χ2n) is 5.41. The molecule has 3 fully saturated rings. The van der Waals surface area contributed by atoms with Crippen LogP contribution in [-0.2, 0) is 0 Å². The Balaban J connectivity index is 1.66.